The van der Waals surface area contributed by atoms with Crippen molar-refractivity contribution in [3.05, 3.63) is 65.7 Å². The molecule has 2 amide bonds. The van der Waals surface area contributed by atoms with Gasteiger partial charge in [-0.2, -0.15) is 0 Å². The Morgan fingerprint density at radius 3 is 2.35 bits per heavy atom. The molecule has 2 aliphatic rings. The highest BCUT2D eigenvalue weighted by molar-refractivity contribution is 5.88. The van der Waals surface area contributed by atoms with Crippen LogP contribution in [0.4, 0.5) is 13.2 Å². The molecular formula is C28H34F3N3O3. The molecule has 2 fully saturated rings. The van der Waals surface area contributed by atoms with Gasteiger partial charge in [0.05, 0.1) is 5.41 Å². The summed E-state index contributed by atoms with van der Waals surface area (Å²) in [4.78, 5) is 26.0. The average molecular weight is 518 g/mol. The van der Waals surface area contributed by atoms with Crippen LogP contribution in [0.3, 0.4) is 0 Å². The predicted molar refractivity (Wildman–Crippen MR) is 134 cm³/mol. The number of hydrogen-bond acceptors (Lipinski definition) is 4. The zero-order chi connectivity index (χ0) is 26.3. The van der Waals surface area contributed by atoms with Gasteiger partial charge >= 0.3 is 6.36 Å². The van der Waals surface area contributed by atoms with E-state index in [1.165, 1.54) is 18.2 Å². The monoisotopic (exact) mass is 517 g/mol. The molecule has 3 N–H and O–H groups in total. The molecule has 37 heavy (non-hydrogen) atoms. The number of hydrogen-bond donors (Lipinski definition) is 3. The van der Waals surface area contributed by atoms with Gasteiger partial charge in [0.15, 0.2) is 0 Å². The lowest BCUT2D eigenvalue weighted by atomic mass is 9.72. The van der Waals surface area contributed by atoms with Crippen molar-refractivity contribution < 1.29 is 27.5 Å². The first-order valence-corrected chi connectivity index (χ1v) is 12.9. The highest BCUT2D eigenvalue weighted by Crippen LogP contribution is 2.35. The van der Waals surface area contributed by atoms with E-state index in [4.69, 9.17) is 0 Å². The Kier molecular flexibility index (Phi) is 8.74. The van der Waals surface area contributed by atoms with Gasteiger partial charge in [-0.3, -0.25) is 9.59 Å². The number of ether oxygens (including phenoxy) is 1. The fourth-order valence-electron chi connectivity index (χ4n) is 5.48. The molecule has 0 radical (unpaired) electrons. The summed E-state index contributed by atoms with van der Waals surface area (Å²) < 4.78 is 41.2. The number of nitrogens with one attached hydrogen (secondary N) is 3. The smallest absolute Gasteiger partial charge is 0.406 e. The number of rotatable bonds is 8. The molecule has 0 unspecified atom stereocenters. The van der Waals surface area contributed by atoms with E-state index in [1.54, 1.807) is 6.07 Å². The van der Waals surface area contributed by atoms with Gasteiger partial charge in [-0.25, -0.2) is 0 Å². The van der Waals surface area contributed by atoms with Gasteiger partial charge in [-0.15, -0.1) is 13.2 Å². The van der Waals surface area contributed by atoms with Gasteiger partial charge in [0, 0.05) is 19.0 Å². The van der Waals surface area contributed by atoms with Crippen LogP contribution in [0.15, 0.2) is 54.6 Å². The number of alkyl halides is 3. The molecule has 2 aromatic rings. The Hall–Kier alpha value is -3.07. The van der Waals surface area contributed by atoms with Crippen molar-refractivity contribution in [1.82, 2.24) is 16.0 Å². The molecule has 4 rings (SSSR count). The van der Waals surface area contributed by atoms with E-state index in [2.05, 4.69) is 20.7 Å². The molecule has 6 nitrogen and oxygen atoms in total. The van der Waals surface area contributed by atoms with Crippen molar-refractivity contribution in [2.45, 2.75) is 69.3 Å². The highest BCUT2D eigenvalue weighted by atomic mass is 19.4. The number of amides is 2. The predicted octanol–water partition coefficient (Wildman–Crippen LogP) is 4.59. The summed E-state index contributed by atoms with van der Waals surface area (Å²) in [6, 6.07) is 15.7. The zero-order valence-electron chi connectivity index (χ0n) is 20.8. The van der Waals surface area contributed by atoms with Crippen LogP contribution in [0.25, 0.3) is 0 Å². The third-order valence-electron chi connectivity index (χ3n) is 7.50. The molecular weight excluding hydrogens is 483 g/mol. The van der Waals surface area contributed by atoms with Crippen LogP contribution in [0.5, 0.6) is 5.75 Å². The van der Waals surface area contributed by atoms with E-state index >= 15 is 0 Å². The van der Waals surface area contributed by atoms with Gasteiger partial charge < -0.3 is 20.7 Å². The van der Waals surface area contributed by atoms with E-state index in [9.17, 15) is 22.8 Å². The zero-order valence-corrected chi connectivity index (χ0v) is 20.8. The maximum atomic E-state index is 13.5. The van der Waals surface area contributed by atoms with E-state index in [0.717, 1.165) is 57.2 Å². The maximum absolute atomic E-state index is 13.5. The molecule has 1 saturated carbocycles. The Bertz CT molecular complexity index is 1050. The largest absolute Gasteiger partial charge is 0.573 e. The van der Waals surface area contributed by atoms with Crippen molar-refractivity contribution in [2.75, 3.05) is 13.1 Å². The second kappa shape index (κ2) is 12.0. The SMILES string of the molecule is O=C(CC1CCC(NC(=O)C2(c3ccccc3)CCNCC2)CC1)NCc1cccc(OC(F)(F)F)c1. The van der Waals surface area contributed by atoms with Crippen molar-refractivity contribution in [1.29, 1.82) is 0 Å². The van der Waals surface area contributed by atoms with Crippen LogP contribution in [0.2, 0.25) is 0 Å². The van der Waals surface area contributed by atoms with Crippen molar-refractivity contribution in [2.24, 2.45) is 5.92 Å². The quantitative estimate of drug-likeness (QED) is 0.479. The van der Waals surface area contributed by atoms with E-state index in [1.807, 2.05) is 30.3 Å². The van der Waals surface area contributed by atoms with E-state index < -0.39 is 11.8 Å². The fraction of sp³-hybridized carbons (Fsp3) is 0.500. The Morgan fingerprint density at radius 2 is 1.68 bits per heavy atom. The highest BCUT2D eigenvalue weighted by Gasteiger charge is 2.42. The lowest BCUT2D eigenvalue weighted by molar-refractivity contribution is -0.274. The molecule has 0 bridgehead atoms. The second-order valence-corrected chi connectivity index (χ2v) is 10.1. The van der Waals surface area contributed by atoms with Gasteiger partial charge in [0.1, 0.15) is 5.75 Å². The number of piperidine rings is 1. The molecule has 0 atom stereocenters. The molecule has 1 saturated heterocycles. The normalized spacial score (nSPS) is 21.6. The molecule has 1 aliphatic heterocycles. The van der Waals surface area contributed by atoms with E-state index in [0.29, 0.717) is 12.0 Å². The first kappa shape index (κ1) is 27.0. The van der Waals surface area contributed by atoms with Gasteiger partial charge in [0.2, 0.25) is 11.8 Å². The minimum absolute atomic E-state index is 0.0955. The number of carbonyl (C=O) groups is 2. The van der Waals surface area contributed by atoms with Crippen molar-refractivity contribution in [3.63, 3.8) is 0 Å². The number of halogens is 3. The summed E-state index contributed by atoms with van der Waals surface area (Å²) in [6.45, 7) is 1.75. The molecule has 2 aromatic carbocycles. The molecule has 1 aliphatic carbocycles. The fourth-order valence-corrected chi connectivity index (χ4v) is 5.48. The summed E-state index contributed by atoms with van der Waals surface area (Å²) in [7, 11) is 0. The van der Waals surface area contributed by atoms with Gasteiger partial charge in [-0.05, 0) is 80.8 Å². The molecule has 0 aromatic heterocycles. The average Bonchev–Trinajstić information content (AvgIpc) is 2.89. The Morgan fingerprint density at radius 1 is 0.973 bits per heavy atom. The second-order valence-electron chi connectivity index (χ2n) is 10.1. The Labute approximate surface area is 215 Å². The minimum Gasteiger partial charge on any atom is -0.406 e. The third-order valence-corrected chi connectivity index (χ3v) is 7.50. The van der Waals surface area contributed by atoms with Crippen LogP contribution >= 0.6 is 0 Å². The first-order valence-electron chi connectivity index (χ1n) is 12.9. The summed E-state index contributed by atoms with van der Waals surface area (Å²) >= 11 is 0. The molecule has 1 heterocycles. The first-order chi connectivity index (χ1) is 17.7. The summed E-state index contributed by atoms with van der Waals surface area (Å²) in [6.07, 6.45) is 0.468. The summed E-state index contributed by atoms with van der Waals surface area (Å²) in [5, 5.41) is 9.46. The molecule has 200 valence electrons. The molecule has 0 spiro atoms. The Balaban J connectivity index is 1.23. The minimum atomic E-state index is -4.75. The van der Waals surface area contributed by atoms with Crippen LogP contribution in [0, 0.1) is 5.92 Å². The summed E-state index contributed by atoms with van der Waals surface area (Å²) in [5.41, 5.74) is 1.09. The molecule has 9 heteroatoms. The lowest BCUT2D eigenvalue weighted by Gasteiger charge is -2.39. The van der Waals surface area contributed by atoms with Crippen LogP contribution in [-0.2, 0) is 21.5 Å². The summed E-state index contributed by atoms with van der Waals surface area (Å²) in [5.74, 6) is -0.126. The van der Waals surface area contributed by atoms with Crippen molar-refractivity contribution in [3.8, 4) is 5.75 Å². The lowest BCUT2D eigenvalue weighted by Crippen LogP contribution is -2.53. The number of benzene rings is 2. The van der Waals surface area contributed by atoms with Gasteiger partial charge in [0.25, 0.3) is 0 Å². The van der Waals surface area contributed by atoms with Crippen LogP contribution in [-0.4, -0.2) is 37.3 Å². The van der Waals surface area contributed by atoms with Gasteiger partial charge in [-0.1, -0.05) is 42.5 Å². The standard InChI is InChI=1S/C28H34F3N3O3/c29-28(30,31)37-24-8-4-5-21(17-24)19-33-25(35)18-20-9-11-23(12-10-20)34-26(36)27(13-15-32-16-14-27)22-6-2-1-3-7-22/h1-8,17,20,23,32H,9-16,18-19H2,(H,33,35)(H,34,36). The van der Waals surface area contributed by atoms with Crippen LogP contribution < -0.4 is 20.7 Å². The van der Waals surface area contributed by atoms with Crippen LogP contribution in [0.1, 0.15) is 56.1 Å². The topological polar surface area (TPSA) is 79.5 Å². The van der Waals surface area contributed by atoms with E-state index in [-0.39, 0.29) is 36.1 Å². The van der Waals surface area contributed by atoms with Crippen molar-refractivity contribution >= 4 is 11.8 Å². The maximum Gasteiger partial charge on any atom is 0.573 e. The third kappa shape index (κ3) is 7.47. The number of carbonyl (C=O) groups excluding carboxylic acids is 2.